The molecule has 0 radical (unpaired) electrons. The number of tetrazole rings is 1. The molecule has 0 aliphatic carbocycles. The maximum Gasteiger partial charge on any atom is 0.252 e. The molecule has 0 fully saturated rings. The number of amides is 1. The fourth-order valence-corrected chi connectivity index (χ4v) is 1.94. The number of carbonyl (C=O) groups is 1. The molecule has 2 N–H and O–H groups in total. The Balaban J connectivity index is 2.10. The minimum absolute atomic E-state index is 0.151. The number of aryl methyl sites for hydroxylation is 1. The van der Waals surface area contributed by atoms with Crippen LogP contribution in [-0.4, -0.2) is 26.1 Å². The summed E-state index contributed by atoms with van der Waals surface area (Å²) < 4.78 is 7.28. The van der Waals surface area contributed by atoms with Crippen molar-refractivity contribution in [2.45, 2.75) is 32.9 Å². The molecule has 1 heterocycles. The van der Waals surface area contributed by atoms with Gasteiger partial charge in [-0.05, 0) is 35.0 Å². The van der Waals surface area contributed by atoms with Gasteiger partial charge in [-0.15, -0.1) is 5.10 Å². The largest absolute Gasteiger partial charge is 0.485 e. The number of unbranched alkanes of at least 4 members (excludes halogenated alkanes) is 1. The van der Waals surface area contributed by atoms with Crippen LogP contribution in [0.3, 0.4) is 0 Å². The van der Waals surface area contributed by atoms with E-state index >= 15 is 0 Å². The van der Waals surface area contributed by atoms with E-state index in [1.807, 2.05) is 0 Å². The Morgan fingerprint density at radius 3 is 3.00 bits per heavy atom. The number of carbonyl (C=O) groups excluding carboxylic acids is 1. The molecular formula is C13H16ClN5O2. The van der Waals surface area contributed by atoms with Crippen molar-refractivity contribution in [1.29, 1.82) is 0 Å². The Kier molecular flexibility index (Phi) is 5.10. The standard InChI is InChI=1S/C13H16ClN5O2/c1-2-3-6-19-12(16-17-18-19)8-21-11-5-4-9(14)7-10(11)13(15)20/h4-5,7H,2-3,6,8H2,1H3,(H2,15,20). The number of halogens is 1. The number of nitrogens with two attached hydrogens (primary N) is 1. The van der Waals surface area contributed by atoms with Crippen molar-refractivity contribution in [3.63, 3.8) is 0 Å². The first-order valence-electron chi connectivity index (χ1n) is 6.59. The zero-order valence-corrected chi connectivity index (χ0v) is 12.4. The van der Waals surface area contributed by atoms with Crippen molar-refractivity contribution >= 4 is 17.5 Å². The maximum absolute atomic E-state index is 11.4. The van der Waals surface area contributed by atoms with E-state index in [9.17, 15) is 4.79 Å². The highest BCUT2D eigenvalue weighted by Crippen LogP contribution is 2.23. The third kappa shape index (κ3) is 3.91. The number of rotatable bonds is 7. The van der Waals surface area contributed by atoms with Gasteiger partial charge >= 0.3 is 0 Å². The van der Waals surface area contributed by atoms with Gasteiger partial charge in [0.15, 0.2) is 5.82 Å². The molecule has 0 aliphatic heterocycles. The number of primary amides is 1. The van der Waals surface area contributed by atoms with Gasteiger partial charge < -0.3 is 10.5 Å². The van der Waals surface area contributed by atoms with Crippen molar-refractivity contribution in [2.75, 3.05) is 0 Å². The van der Waals surface area contributed by atoms with Gasteiger partial charge in [0.2, 0.25) is 0 Å². The fraction of sp³-hybridized carbons (Fsp3) is 0.385. The van der Waals surface area contributed by atoms with E-state index in [4.69, 9.17) is 22.1 Å². The summed E-state index contributed by atoms with van der Waals surface area (Å²) in [5.74, 6) is 0.351. The normalized spacial score (nSPS) is 10.6. The third-order valence-corrected chi connectivity index (χ3v) is 3.13. The second kappa shape index (κ2) is 7.03. The minimum atomic E-state index is -0.599. The van der Waals surface area contributed by atoms with Crippen LogP contribution in [0.25, 0.3) is 0 Å². The highest BCUT2D eigenvalue weighted by atomic mass is 35.5. The van der Waals surface area contributed by atoms with Crippen molar-refractivity contribution in [3.05, 3.63) is 34.6 Å². The van der Waals surface area contributed by atoms with Gasteiger partial charge in [-0.3, -0.25) is 4.79 Å². The average Bonchev–Trinajstić information content (AvgIpc) is 2.91. The highest BCUT2D eigenvalue weighted by molar-refractivity contribution is 6.31. The van der Waals surface area contributed by atoms with E-state index in [-0.39, 0.29) is 12.2 Å². The zero-order chi connectivity index (χ0) is 15.2. The Labute approximate surface area is 127 Å². The summed E-state index contributed by atoms with van der Waals surface area (Å²) in [7, 11) is 0. The first-order chi connectivity index (χ1) is 10.1. The smallest absolute Gasteiger partial charge is 0.252 e. The van der Waals surface area contributed by atoms with Gasteiger partial charge in [0, 0.05) is 11.6 Å². The monoisotopic (exact) mass is 309 g/mol. The zero-order valence-electron chi connectivity index (χ0n) is 11.6. The molecule has 112 valence electrons. The topological polar surface area (TPSA) is 95.9 Å². The van der Waals surface area contributed by atoms with Gasteiger partial charge in [-0.25, -0.2) is 4.68 Å². The fourth-order valence-electron chi connectivity index (χ4n) is 1.77. The van der Waals surface area contributed by atoms with Gasteiger partial charge in [0.1, 0.15) is 12.4 Å². The lowest BCUT2D eigenvalue weighted by Crippen LogP contribution is -2.14. The van der Waals surface area contributed by atoms with E-state index in [2.05, 4.69) is 22.4 Å². The Hall–Kier alpha value is -2.15. The lowest BCUT2D eigenvalue weighted by atomic mass is 10.2. The Bertz CT molecular complexity index is 629. The second-order valence-corrected chi connectivity index (χ2v) is 4.90. The number of hydrogen-bond acceptors (Lipinski definition) is 5. The molecule has 0 unspecified atom stereocenters. The van der Waals surface area contributed by atoms with Crippen molar-refractivity contribution in [1.82, 2.24) is 20.2 Å². The molecule has 0 spiro atoms. The summed E-state index contributed by atoms with van der Waals surface area (Å²) in [5.41, 5.74) is 5.54. The van der Waals surface area contributed by atoms with Crippen molar-refractivity contribution in [3.8, 4) is 5.75 Å². The molecule has 0 saturated carbocycles. The first kappa shape index (κ1) is 15.2. The van der Waals surface area contributed by atoms with Crippen LogP contribution < -0.4 is 10.5 Å². The molecule has 1 amide bonds. The molecule has 0 bridgehead atoms. The Morgan fingerprint density at radius 1 is 1.48 bits per heavy atom. The van der Waals surface area contributed by atoms with Crippen molar-refractivity contribution in [2.24, 2.45) is 5.73 Å². The van der Waals surface area contributed by atoms with E-state index < -0.39 is 5.91 Å². The molecule has 21 heavy (non-hydrogen) atoms. The molecule has 0 saturated heterocycles. The van der Waals surface area contributed by atoms with Gasteiger partial charge in [-0.2, -0.15) is 0 Å². The van der Waals surface area contributed by atoms with Crippen LogP contribution in [0.2, 0.25) is 5.02 Å². The third-order valence-electron chi connectivity index (χ3n) is 2.89. The van der Waals surface area contributed by atoms with E-state index in [0.29, 0.717) is 16.6 Å². The molecule has 1 aromatic heterocycles. The molecule has 8 heteroatoms. The van der Waals surface area contributed by atoms with Gasteiger partial charge in [-0.1, -0.05) is 24.9 Å². The molecule has 0 aliphatic rings. The number of aromatic nitrogens is 4. The molecule has 0 atom stereocenters. The van der Waals surface area contributed by atoms with E-state index in [1.165, 1.54) is 6.07 Å². The quantitative estimate of drug-likeness (QED) is 0.841. The number of ether oxygens (including phenoxy) is 1. The summed E-state index contributed by atoms with van der Waals surface area (Å²) in [6.45, 7) is 2.97. The Morgan fingerprint density at radius 2 is 2.29 bits per heavy atom. The van der Waals surface area contributed by atoms with Crippen LogP contribution in [0, 0.1) is 0 Å². The molecule has 2 rings (SSSR count). The molecule has 2 aromatic rings. The highest BCUT2D eigenvalue weighted by Gasteiger charge is 2.12. The SMILES string of the molecule is CCCCn1nnnc1COc1ccc(Cl)cc1C(N)=O. The van der Waals surface area contributed by atoms with Crippen molar-refractivity contribution < 1.29 is 9.53 Å². The van der Waals surface area contributed by atoms with E-state index in [1.54, 1.807) is 16.8 Å². The van der Waals surface area contributed by atoms with Crippen LogP contribution in [-0.2, 0) is 13.2 Å². The van der Waals surface area contributed by atoms with Crippen LogP contribution >= 0.6 is 11.6 Å². The minimum Gasteiger partial charge on any atom is -0.485 e. The molecule has 1 aromatic carbocycles. The number of hydrogen-bond donors (Lipinski definition) is 1. The maximum atomic E-state index is 11.4. The summed E-state index contributed by atoms with van der Waals surface area (Å²) in [5, 5.41) is 11.9. The second-order valence-electron chi connectivity index (χ2n) is 4.47. The first-order valence-corrected chi connectivity index (χ1v) is 6.96. The molecular weight excluding hydrogens is 294 g/mol. The summed E-state index contributed by atoms with van der Waals surface area (Å²) in [6, 6.07) is 4.70. The number of benzene rings is 1. The van der Waals surface area contributed by atoms with Crippen LogP contribution in [0.15, 0.2) is 18.2 Å². The molecule has 7 nitrogen and oxygen atoms in total. The lowest BCUT2D eigenvalue weighted by Gasteiger charge is -2.09. The predicted octanol–water partition coefficient (Wildman–Crippen LogP) is 1.80. The predicted molar refractivity (Wildman–Crippen MR) is 77.0 cm³/mol. The van der Waals surface area contributed by atoms with Gasteiger partial charge in [0.05, 0.1) is 5.56 Å². The summed E-state index contributed by atoms with van der Waals surface area (Å²) >= 11 is 5.84. The summed E-state index contributed by atoms with van der Waals surface area (Å²) in [6.07, 6.45) is 2.02. The van der Waals surface area contributed by atoms with Crippen LogP contribution in [0.4, 0.5) is 0 Å². The lowest BCUT2D eigenvalue weighted by molar-refractivity contribution is 0.0995. The average molecular weight is 310 g/mol. The van der Waals surface area contributed by atoms with Crippen LogP contribution in [0.1, 0.15) is 35.9 Å². The van der Waals surface area contributed by atoms with Gasteiger partial charge in [0.25, 0.3) is 5.91 Å². The van der Waals surface area contributed by atoms with E-state index in [0.717, 1.165) is 19.4 Å². The van der Waals surface area contributed by atoms with Crippen LogP contribution in [0.5, 0.6) is 5.75 Å². The summed E-state index contributed by atoms with van der Waals surface area (Å²) in [4.78, 5) is 11.4. The number of nitrogens with zero attached hydrogens (tertiary/aromatic N) is 4.